The molecular weight excluding hydrogens is 202 g/mol. The number of aromatic nitrogens is 4. The molecule has 76 valence electrons. The zero-order valence-corrected chi connectivity index (χ0v) is 8.33. The molecule has 16 heavy (non-hydrogen) atoms. The van der Waals surface area contributed by atoms with Crippen LogP contribution < -0.4 is 0 Å². The van der Waals surface area contributed by atoms with E-state index in [1.807, 2.05) is 6.07 Å². The highest BCUT2D eigenvalue weighted by molar-refractivity contribution is 5.54. The number of nitrogens with zero attached hydrogens (tertiary/aromatic N) is 5. The van der Waals surface area contributed by atoms with E-state index in [1.165, 1.54) is 4.68 Å². The number of terminal acetylenes is 1. The summed E-state index contributed by atoms with van der Waals surface area (Å²) in [6, 6.07) is 3.67. The van der Waals surface area contributed by atoms with Gasteiger partial charge in [0, 0.05) is 18.5 Å². The lowest BCUT2D eigenvalue weighted by Gasteiger charge is -1.94. The molecule has 5 heteroatoms. The molecule has 0 saturated heterocycles. The van der Waals surface area contributed by atoms with Gasteiger partial charge in [0.25, 0.3) is 0 Å². The van der Waals surface area contributed by atoms with Gasteiger partial charge in [-0.25, -0.2) is 4.68 Å². The quantitative estimate of drug-likeness (QED) is 0.687. The second kappa shape index (κ2) is 4.24. The van der Waals surface area contributed by atoms with Gasteiger partial charge in [0.15, 0.2) is 0 Å². The van der Waals surface area contributed by atoms with Crippen LogP contribution in [-0.4, -0.2) is 19.7 Å². The van der Waals surface area contributed by atoms with Gasteiger partial charge in [-0.05, 0) is 0 Å². The van der Waals surface area contributed by atoms with E-state index in [0.29, 0.717) is 17.1 Å². The highest BCUT2D eigenvalue weighted by Gasteiger charge is 2.09. The fourth-order valence-electron chi connectivity index (χ4n) is 1.27. The van der Waals surface area contributed by atoms with Crippen molar-refractivity contribution in [3.63, 3.8) is 0 Å². The molecule has 2 aromatic rings. The van der Waals surface area contributed by atoms with Crippen molar-refractivity contribution >= 4 is 0 Å². The van der Waals surface area contributed by atoms with Crippen molar-refractivity contribution < 1.29 is 0 Å². The van der Waals surface area contributed by atoms with Gasteiger partial charge in [0.1, 0.15) is 29.7 Å². The molecule has 2 heterocycles. The third-order valence-corrected chi connectivity index (χ3v) is 1.96. The lowest BCUT2D eigenvalue weighted by atomic mass is 10.3. The minimum Gasteiger partial charge on any atom is -0.261 e. The molecule has 0 aromatic carbocycles. The molecule has 2 rings (SSSR count). The van der Waals surface area contributed by atoms with Crippen LogP contribution in [0.3, 0.4) is 0 Å². The van der Waals surface area contributed by atoms with Gasteiger partial charge >= 0.3 is 0 Å². The highest BCUT2D eigenvalue weighted by atomic mass is 15.3. The van der Waals surface area contributed by atoms with E-state index in [1.54, 1.807) is 24.7 Å². The standard InChI is InChI=1S/C11H7N5/c1-2-5-16-9(7-12)6-10(15-16)11-8-13-3-4-14-11/h1,3-4,6,8H,5H2. The summed E-state index contributed by atoms with van der Waals surface area (Å²) in [6.07, 6.45) is 9.92. The van der Waals surface area contributed by atoms with Crippen LogP contribution in [0.1, 0.15) is 5.69 Å². The minimum absolute atomic E-state index is 0.267. The first-order chi connectivity index (χ1) is 7.85. The van der Waals surface area contributed by atoms with Crippen molar-refractivity contribution in [2.24, 2.45) is 0 Å². The second-order valence-corrected chi connectivity index (χ2v) is 2.98. The molecule has 0 bridgehead atoms. The van der Waals surface area contributed by atoms with E-state index in [0.717, 1.165) is 0 Å². The van der Waals surface area contributed by atoms with Crippen LogP contribution in [0, 0.1) is 23.7 Å². The molecule has 0 aliphatic carbocycles. The van der Waals surface area contributed by atoms with Crippen molar-refractivity contribution in [3.05, 3.63) is 30.4 Å². The summed E-state index contributed by atoms with van der Waals surface area (Å²) in [5, 5.41) is 13.1. The second-order valence-electron chi connectivity index (χ2n) is 2.98. The van der Waals surface area contributed by atoms with Gasteiger partial charge in [-0.3, -0.25) is 9.97 Å². The van der Waals surface area contributed by atoms with Crippen LogP contribution in [0.15, 0.2) is 24.7 Å². The molecule has 0 aliphatic heterocycles. The zero-order chi connectivity index (χ0) is 11.4. The van der Waals surface area contributed by atoms with Crippen LogP contribution >= 0.6 is 0 Å². The zero-order valence-electron chi connectivity index (χ0n) is 8.33. The Morgan fingerprint density at radius 3 is 2.88 bits per heavy atom. The summed E-state index contributed by atoms with van der Waals surface area (Å²) in [7, 11) is 0. The third-order valence-electron chi connectivity index (χ3n) is 1.96. The Morgan fingerprint density at radius 1 is 1.38 bits per heavy atom. The van der Waals surface area contributed by atoms with E-state index in [-0.39, 0.29) is 6.54 Å². The molecule has 0 fully saturated rings. The Hall–Kier alpha value is -2.66. The molecule has 2 aromatic heterocycles. The van der Waals surface area contributed by atoms with Gasteiger partial charge in [0.05, 0.1) is 6.20 Å². The molecule has 0 aliphatic rings. The molecule has 0 saturated carbocycles. The van der Waals surface area contributed by atoms with Gasteiger partial charge < -0.3 is 0 Å². The van der Waals surface area contributed by atoms with Gasteiger partial charge in [-0.1, -0.05) is 5.92 Å². The Bertz CT molecular complexity index is 571. The third kappa shape index (κ3) is 1.75. The smallest absolute Gasteiger partial charge is 0.140 e. The van der Waals surface area contributed by atoms with E-state index in [2.05, 4.69) is 21.0 Å². The van der Waals surface area contributed by atoms with Crippen molar-refractivity contribution in [3.8, 4) is 29.8 Å². The summed E-state index contributed by atoms with van der Waals surface area (Å²) in [5.41, 5.74) is 1.63. The average molecular weight is 209 g/mol. The topological polar surface area (TPSA) is 67.4 Å². The molecule has 0 radical (unpaired) electrons. The predicted molar refractivity (Wildman–Crippen MR) is 56.8 cm³/mol. The average Bonchev–Trinajstić information content (AvgIpc) is 2.74. The highest BCUT2D eigenvalue weighted by Crippen LogP contribution is 2.14. The Balaban J connectivity index is 2.46. The van der Waals surface area contributed by atoms with Gasteiger partial charge in [-0.2, -0.15) is 10.4 Å². The Kier molecular flexibility index (Phi) is 2.62. The minimum atomic E-state index is 0.267. The number of nitriles is 1. The first kappa shape index (κ1) is 9.88. The van der Waals surface area contributed by atoms with Gasteiger partial charge in [-0.15, -0.1) is 6.42 Å². The summed E-state index contributed by atoms with van der Waals surface area (Å²) < 4.78 is 1.46. The SMILES string of the molecule is C#CCn1nc(-c2cnccn2)cc1C#N. The first-order valence-electron chi connectivity index (χ1n) is 4.53. The maximum absolute atomic E-state index is 8.89. The maximum atomic E-state index is 8.89. The molecule has 0 unspecified atom stereocenters. The Labute approximate surface area is 92.4 Å². The van der Waals surface area contributed by atoms with Crippen LogP contribution in [0.5, 0.6) is 0 Å². The summed E-state index contributed by atoms with van der Waals surface area (Å²) >= 11 is 0. The van der Waals surface area contributed by atoms with Crippen LogP contribution in [-0.2, 0) is 6.54 Å². The van der Waals surface area contributed by atoms with E-state index in [4.69, 9.17) is 11.7 Å². The van der Waals surface area contributed by atoms with Crippen LogP contribution in [0.2, 0.25) is 0 Å². The van der Waals surface area contributed by atoms with E-state index >= 15 is 0 Å². The predicted octanol–water partition coefficient (Wildman–Crippen LogP) is 0.845. The molecule has 0 spiro atoms. The first-order valence-corrected chi connectivity index (χ1v) is 4.53. The Morgan fingerprint density at radius 2 is 2.25 bits per heavy atom. The van der Waals surface area contributed by atoms with Gasteiger partial charge in [0.2, 0.25) is 0 Å². The molecule has 0 amide bonds. The van der Waals surface area contributed by atoms with Crippen molar-refractivity contribution in [2.75, 3.05) is 0 Å². The number of rotatable bonds is 2. The maximum Gasteiger partial charge on any atom is 0.140 e. The number of hydrogen-bond acceptors (Lipinski definition) is 4. The normalized spacial score (nSPS) is 9.38. The van der Waals surface area contributed by atoms with E-state index < -0.39 is 0 Å². The van der Waals surface area contributed by atoms with Crippen molar-refractivity contribution in [2.45, 2.75) is 6.54 Å². The summed E-state index contributed by atoms with van der Waals surface area (Å²) in [4.78, 5) is 8.04. The van der Waals surface area contributed by atoms with Crippen LogP contribution in [0.4, 0.5) is 0 Å². The molecular formula is C11H7N5. The largest absolute Gasteiger partial charge is 0.261 e. The van der Waals surface area contributed by atoms with E-state index in [9.17, 15) is 0 Å². The molecule has 0 atom stereocenters. The molecule has 0 N–H and O–H groups in total. The summed E-state index contributed by atoms with van der Waals surface area (Å²) in [5.74, 6) is 2.44. The van der Waals surface area contributed by atoms with Crippen molar-refractivity contribution in [1.82, 2.24) is 19.7 Å². The fourth-order valence-corrected chi connectivity index (χ4v) is 1.27. The molecule has 5 nitrogen and oxygen atoms in total. The fraction of sp³-hybridized carbons (Fsp3) is 0.0909. The monoisotopic (exact) mass is 209 g/mol. The van der Waals surface area contributed by atoms with Crippen LogP contribution in [0.25, 0.3) is 11.4 Å². The lowest BCUT2D eigenvalue weighted by molar-refractivity contribution is 0.707. The lowest BCUT2D eigenvalue weighted by Crippen LogP contribution is -2.00. The number of hydrogen-bond donors (Lipinski definition) is 0. The summed E-state index contributed by atoms with van der Waals surface area (Å²) in [6.45, 7) is 0.267. The van der Waals surface area contributed by atoms with Crippen molar-refractivity contribution in [1.29, 1.82) is 5.26 Å².